The highest BCUT2D eigenvalue weighted by molar-refractivity contribution is 7.88. The van der Waals surface area contributed by atoms with Gasteiger partial charge in [-0.3, -0.25) is 9.59 Å². The van der Waals surface area contributed by atoms with Crippen LogP contribution in [0.15, 0.2) is 0 Å². The standard InChI is InChI=1S/C14H26N2O7S/c1-11(2)22-6-4-13(17)15-5-7-23-12(8-15)9-16(10-14(18)19)24(3,20)21/h11-12H,4-10H2,1-3H3,(H,18,19). The first-order valence-electron chi connectivity index (χ1n) is 7.77. The molecular weight excluding hydrogens is 340 g/mol. The van der Waals surface area contributed by atoms with Crippen molar-refractivity contribution < 1.29 is 32.6 Å². The summed E-state index contributed by atoms with van der Waals surface area (Å²) in [6, 6.07) is 0. The molecule has 0 saturated carbocycles. The van der Waals surface area contributed by atoms with Gasteiger partial charge in [-0.15, -0.1) is 0 Å². The molecule has 0 aromatic rings. The van der Waals surface area contributed by atoms with Crippen molar-refractivity contribution in [3.8, 4) is 0 Å². The number of aliphatic carboxylic acids is 1. The van der Waals surface area contributed by atoms with Gasteiger partial charge < -0.3 is 19.5 Å². The maximum absolute atomic E-state index is 12.2. The number of carbonyl (C=O) groups is 2. The van der Waals surface area contributed by atoms with E-state index in [1.165, 1.54) is 0 Å². The zero-order valence-corrected chi connectivity index (χ0v) is 15.1. The number of morpholine rings is 1. The zero-order valence-electron chi connectivity index (χ0n) is 14.3. The fraction of sp³-hybridized carbons (Fsp3) is 0.857. The highest BCUT2D eigenvalue weighted by atomic mass is 32.2. The van der Waals surface area contributed by atoms with E-state index in [-0.39, 0.29) is 38.1 Å². The SMILES string of the molecule is CC(C)OCCC(=O)N1CCOC(CN(CC(=O)O)S(C)(=O)=O)C1. The topological polar surface area (TPSA) is 113 Å². The van der Waals surface area contributed by atoms with Crippen molar-refractivity contribution in [1.29, 1.82) is 0 Å². The molecule has 1 amide bonds. The summed E-state index contributed by atoms with van der Waals surface area (Å²) in [5.41, 5.74) is 0. The molecule has 1 aliphatic heterocycles. The minimum Gasteiger partial charge on any atom is -0.480 e. The molecule has 0 aliphatic carbocycles. The van der Waals surface area contributed by atoms with Gasteiger partial charge in [0.2, 0.25) is 15.9 Å². The van der Waals surface area contributed by atoms with Crippen molar-refractivity contribution in [1.82, 2.24) is 9.21 Å². The Labute approximate surface area is 142 Å². The molecule has 1 rings (SSSR count). The summed E-state index contributed by atoms with van der Waals surface area (Å²) in [5, 5.41) is 8.83. The van der Waals surface area contributed by atoms with Gasteiger partial charge in [0.05, 0.1) is 38.1 Å². The van der Waals surface area contributed by atoms with Crippen LogP contribution in [0.4, 0.5) is 0 Å². The van der Waals surface area contributed by atoms with Crippen LogP contribution in [0.25, 0.3) is 0 Å². The van der Waals surface area contributed by atoms with E-state index in [1.54, 1.807) is 4.90 Å². The average Bonchev–Trinajstić information content (AvgIpc) is 2.45. The third-order valence-corrected chi connectivity index (χ3v) is 4.66. The van der Waals surface area contributed by atoms with E-state index < -0.39 is 28.6 Å². The summed E-state index contributed by atoms with van der Waals surface area (Å²) in [5.74, 6) is -1.33. The number of hydrogen-bond acceptors (Lipinski definition) is 6. The van der Waals surface area contributed by atoms with Crippen LogP contribution in [0.1, 0.15) is 20.3 Å². The molecule has 10 heteroatoms. The molecule has 1 fully saturated rings. The van der Waals surface area contributed by atoms with Crippen LogP contribution in [0, 0.1) is 0 Å². The monoisotopic (exact) mass is 366 g/mol. The van der Waals surface area contributed by atoms with Gasteiger partial charge in [0.15, 0.2) is 0 Å². The molecule has 0 aromatic carbocycles. The predicted octanol–water partition coefficient (Wildman–Crippen LogP) is -0.625. The van der Waals surface area contributed by atoms with E-state index >= 15 is 0 Å². The van der Waals surface area contributed by atoms with Gasteiger partial charge in [-0.2, -0.15) is 4.31 Å². The Morgan fingerprint density at radius 1 is 1.42 bits per heavy atom. The lowest BCUT2D eigenvalue weighted by atomic mass is 10.2. The third kappa shape index (κ3) is 7.56. The van der Waals surface area contributed by atoms with Crippen molar-refractivity contribution >= 4 is 21.9 Å². The maximum Gasteiger partial charge on any atom is 0.318 e. The molecule has 0 spiro atoms. The second-order valence-electron chi connectivity index (χ2n) is 5.95. The summed E-state index contributed by atoms with van der Waals surface area (Å²) >= 11 is 0. The van der Waals surface area contributed by atoms with Crippen LogP contribution in [0.5, 0.6) is 0 Å². The van der Waals surface area contributed by atoms with Gasteiger partial charge in [0.1, 0.15) is 6.54 Å². The number of rotatable bonds is 9. The normalized spacial score (nSPS) is 19.0. The van der Waals surface area contributed by atoms with Crippen LogP contribution < -0.4 is 0 Å². The average molecular weight is 366 g/mol. The number of hydrogen-bond donors (Lipinski definition) is 1. The molecule has 24 heavy (non-hydrogen) atoms. The maximum atomic E-state index is 12.2. The number of nitrogens with zero attached hydrogens (tertiary/aromatic N) is 2. The molecule has 1 heterocycles. The second-order valence-corrected chi connectivity index (χ2v) is 7.93. The molecule has 1 N–H and O–H groups in total. The number of amides is 1. The minimum absolute atomic E-state index is 0.0505. The Bertz CT molecular complexity index is 535. The van der Waals surface area contributed by atoms with Gasteiger partial charge in [-0.05, 0) is 13.8 Å². The van der Waals surface area contributed by atoms with E-state index in [1.807, 2.05) is 13.8 Å². The van der Waals surface area contributed by atoms with Gasteiger partial charge >= 0.3 is 5.97 Å². The summed E-state index contributed by atoms with van der Waals surface area (Å²) in [6.45, 7) is 4.31. The summed E-state index contributed by atoms with van der Waals surface area (Å²) in [4.78, 5) is 24.6. The molecule has 1 aliphatic rings. The fourth-order valence-corrected chi connectivity index (χ4v) is 3.07. The van der Waals surface area contributed by atoms with E-state index in [4.69, 9.17) is 14.6 Å². The summed E-state index contributed by atoms with van der Waals surface area (Å²) in [6.07, 6.45) is 0.693. The Kier molecular flexibility index (Phi) is 8.07. The van der Waals surface area contributed by atoms with Crippen LogP contribution >= 0.6 is 0 Å². The first kappa shape index (κ1) is 20.8. The first-order chi connectivity index (χ1) is 11.1. The number of carboxylic acid groups (broad SMARTS) is 1. The Morgan fingerprint density at radius 3 is 2.62 bits per heavy atom. The van der Waals surface area contributed by atoms with Crippen molar-refractivity contribution in [3.63, 3.8) is 0 Å². The number of ether oxygens (including phenoxy) is 2. The van der Waals surface area contributed by atoms with Crippen LogP contribution in [-0.4, -0.2) is 92.5 Å². The largest absolute Gasteiger partial charge is 0.480 e. The van der Waals surface area contributed by atoms with E-state index in [2.05, 4.69) is 0 Å². The van der Waals surface area contributed by atoms with Gasteiger partial charge in [-0.25, -0.2) is 8.42 Å². The molecule has 0 aromatic heterocycles. The first-order valence-corrected chi connectivity index (χ1v) is 9.62. The summed E-state index contributed by atoms with van der Waals surface area (Å²) in [7, 11) is -3.67. The zero-order chi connectivity index (χ0) is 18.3. The van der Waals surface area contributed by atoms with E-state index in [9.17, 15) is 18.0 Å². The highest BCUT2D eigenvalue weighted by Gasteiger charge is 2.29. The Hall–Kier alpha value is -1.23. The van der Waals surface area contributed by atoms with E-state index in [0.29, 0.717) is 13.2 Å². The molecule has 1 unspecified atom stereocenters. The van der Waals surface area contributed by atoms with E-state index in [0.717, 1.165) is 10.6 Å². The van der Waals surface area contributed by atoms with Crippen molar-refractivity contribution in [2.75, 3.05) is 45.6 Å². The Balaban J connectivity index is 2.57. The van der Waals surface area contributed by atoms with Crippen molar-refractivity contribution in [3.05, 3.63) is 0 Å². The van der Waals surface area contributed by atoms with Gasteiger partial charge in [0.25, 0.3) is 0 Å². The predicted molar refractivity (Wildman–Crippen MR) is 86.1 cm³/mol. The number of carboxylic acids is 1. The lowest BCUT2D eigenvalue weighted by Gasteiger charge is -2.35. The molecule has 0 bridgehead atoms. The van der Waals surface area contributed by atoms with Crippen LogP contribution in [0.3, 0.4) is 0 Å². The van der Waals surface area contributed by atoms with Crippen LogP contribution in [0.2, 0.25) is 0 Å². The number of carbonyl (C=O) groups excluding carboxylic acids is 1. The molecule has 1 atom stereocenters. The second kappa shape index (κ2) is 9.30. The summed E-state index contributed by atoms with van der Waals surface area (Å²) < 4.78 is 35.0. The third-order valence-electron chi connectivity index (χ3n) is 3.45. The molecular formula is C14H26N2O7S. The molecule has 140 valence electrons. The quantitative estimate of drug-likeness (QED) is 0.578. The lowest BCUT2D eigenvalue weighted by Crippen LogP contribution is -2.51. The Morgan fingerprint density at radius 2 is 2.08 bits per heavy atom. The van der Waals surface area contributed by atoms with Crippen LogP contribution in [-0.2, 0) is 29.1 Å². The minimum atomic E-state index is -3.67. The van der Waals surface area contributed by atoms with Gasteiger partial charge in [-0.1, -0.05) is 0 Å². The molecule has 0 radical (unpaired) electrons. The molecule has 1 saturated heterocycles. The molecule has 9 nitrogen and oxygen atoms in total. The highest BCUT2D eigenvalue weighted by Crippen LogP contribution is 2.11. The van der Waals surface area contributed by atoms with Crippen molar-refractivity contribution in [2.45, 2.75) is 32.5 Å². The fourth-order valence-electron chi connectivity index (χ4n) is 2.29. The smallest absolute Gasteiger partial charge is 0.318 e. The number of sulfonamides is 1. The van der Waals surface area contributed by atoms with Crippen molar-refractivity contribution in [2.24, 2.45) is 0 Å². The lowest BCUT2D eigenvalue weighted by molar-refractivity contribution is -0.142. The van der Waals surface area contributed by atoms with Gasteiger partial charge in [0, 0.05) is 19.6 Å².